The molecule has 0 fully saturated rings. The van der Waals surface area contributed by atoms with Crippen LogP contribution in [0.2, 0.25) is 0 Å². The number of fused-ring (bicyclic) bond motifs is 6. The van der Waals surface area contributed by atoms with E-state index < -0.39 is 0 Å². The van der Waals surface area contributed by atoms with Crippen molar-refractivity contribution in [2.45, 2.75) is 0 Å². The Morgan fingerprint density at radius 2 is 0.435 bits per heavy atom. The Morgan fingerprint density at radius 3 is 0.652 bits per heavy atom. The van der Waals surface area contributed by atoms with Crippen molar-refractivity contribution in [1.29, 1.82) is 0 Å². The molecule has 0 amide bonds. The molecule has 0 aliphatic carbocycles. The topological polar surface area (TPSA) is 80.9 Å². The van der Waals surface area contributed by atoms with Crippen LogP contribution in [0.4, 0.5) is 0 Å². The van der Waals surface area contributed by atoms with Crippen molar-refractivity contribution in [3.63, 3.8) is 0 Å². The number of aromatic hydroxyl groups is 4. The molecule has 0 aromatic heterocycles. The van der Waals surface area contributed by atoms with Gasteiger partial charge >= 0.3 is 0 Å². The number of phenols is 8. The summed E-state index contributed by atoms with van der Waals surface area (Å²) in [5.41, 5.74) is 0. The minimum absolute atomic E-state index is 0.0859. The number of phenolic OH excluding ortho intramolecular Hbond substituents is 4. The zero-order valence-electron chi connectivity index (χ0n) is 24.2. The molecule has 46 heavy (non-hydrogen) atoms. The van der Waals surface area contributed by atoms with Gasteiger partial charge in [-0.2, -0.15) is 0 Å². The van der Waals surface area contributed by atoms with Gasteiger partial charge in [0, 0.05) is 21.5 Å². The highest BCUT2D eigenvalue weighted by Gasteiger charge is 2.24. The molecule has 0 unspecified atom stereocenters. The molecule has 0 saturated heterocycles. The highest BCUT2D eigenvalue weighted by Crippen LogP contribution is 2.53. The van der Waals surface area contributed by atoms with Crippen molar-refractivity contribution in [2.75, 3.05) is 0 Å². The van der Waals surface area contributed by atoms with Crippen LogP contribution < -0.4 is 0 Å². The Morgan fingerprint density at radius 1 is 0.239 bits per heavy atom. The van der Waals surface area contributed by atoms with Crippen LogP contribution in [0.5, 0.6) is 23.0 Å². The van der Waals surface area contributed by atoms with Gasteiger partial charge in [-0.3, -0.25) is 0 Å². The van der Waals surface area contributed by atoms with Crippen molar-refractivity contribution in [3.05, 3.63) is 109 Å². The molecular weight excluding hydrogens is 568 g/mol. The van der Waals surface area contributed by atoms with Gasteiger partial charge in [-0.15, -0.1) is 0 Å². The Labute approximate surface area is 259 Å². The molecule has 13 aromatic rings. The third-order valence-electron chi connectivity index (χ3n) is 10.4. The van der Waals surface area contributed by atoms with Gasteiger partial charge in [-0.05, 0) is 147 Å². The summed E-state index contributed by atoms with van der Waals surface area (Å²) in [6, 6.07) is 37.4. The molecule has 4 heteroatoms. The minimum atomic E-state index is -0.0859. The van der Waals surface area contributed by atoms with Gasteiger partial charge in [0.25, 0.3) is 0 Å². The molecule has 0 atom stereocenters. The van der Waals surface area contributed by atoms with E-state index in [1.807, 2.05) is 24.3 Å². The molecule has 0 saturated carbocycles. The zero-order valence-corrected chi connectivity index (χ0v) is 24.2. The van der Waals surface area contributed by atoms with E-state index in [0.29, 0.717) is 21.5 Å². The van der Waals surface area contributed by atoms with Crippen LogP contribution in [-0.2, 0) is 0 Å². The molecule has 214 valence electrons. The maximum Gasteiger partial charge on any atom is 0.166 e. The smallest absolute Gasteiger partial charge is 0.166 e. The van der Waals surface area contributed by atoms with E-state index in [-0.39, 0.29) is 23.0 Å². The number of hydrogen-bond acceptors (Lipinski definition) is 4. The highest BCUT2D eigenvalue weighted by molar-refractivity contribution is 6.36. The summed E-state index contributed by atoms with van der Waals surface area (Å²) in [5, 5.41) is 62.9. The van der Waals surface area contributed by atoms with Crippen LogP contribution in [0, 0.1) is 0 Å². The molecule has 13 rings (SSSR count). The standard InChI is InChI=1S/C42H22O4/c43-39-35-27-11-19-5-1-2-6-20(19)12-28(27)36(40(39)44)32-16-24-10-26-18-34-33(17-25(26)9-23(24)15-31(32)35)37-29-13-21-7-3-4-8-22(21)14-30(29)38(34)42(46)41(37)45/h1-18,43-46H. The van der Waals surface area contributed by atoms with E-state index in [4.69, 9.17) is 0 Å². The third kappa shape index (κ3) is 2.76. The summed E-state index contributed by atoms with van der Waals surface area (Å²) in [4.78, 5) is 0. The molecule has 4 N–H and O–H groups in total. The second kappa shape index (κ2) is 7.87. The monoisotopic (exact) mass is 590 g/mol. The molecule has 0 heterocycles. The summed E-state index contributed by atoms with van der Waals surface area (Å²) < 4.78 is 0. The Hall–Kier alpha value is -6.26. The molecule has 0 radical (unpaired) electrons. The maximum absolute atomic E-state index is 11.2. The molecule has 13 aromatic carbocycles. The van der Waals surface area contributed by atoms with Crippen LogP contribution in [0.1, 0.15) is 0 Å². The first-order valence-electron chi connectivity index (χ1n) is 15.3. The summed E-state index contributed by atoms with van der Waals surface area (Å²) in [5.74, 6) is -0.344. The van der Waals surface area contributed by atoms with Crippen LogP contribution in [0.15, 0.2) is 109 Å². The maximum atomic E-state index is 11.2. The average molecular weight is 591 g/mol. The zero-order chi connectivity index (χ0) is 30.6. The predicted octanol–water partition coefficient (Wildman–Crippen LogP) is 10.9. The van der Waals surface area contributed by atoms with Crippen molar-refractivity contribution in [1.82, 2.24) is 0 Å². The van der Waals surface area contributed by atoms with Gasteiger partial charge in [-0.25, -0.2) is 0 Å². The lowest BCUT2D eigenvalue weighted by Gasteiger charge is -2.19. The predicted molar refractivity (Wildman–Crippen MR) is 191 cm³/mol. The molecule has 4 nitrogen and oxygen atoms in total. The van der Waals surface area contributed by atoms with Crippen molar-refractivity contribution in [3.8, 4) is 23.0 Å². The average Bonchev–Trinajstić information content (AvgIpc) is 3.06. The summed E-state index contributed by atoms with van der Waals surface area (Å²) in [6.07, 6.45) is 0. The van der Waals surface area contributed by atoms with Crippen LogP contribution in [0.25, 0.3) is 108 Å². The first-order valence-corrected chi connectivity index (χ1v) is 15.3. The quantitative estimate of drug-likeness (QED) is 0.105. The number of benzene rings is 13. The number of hydrogen-bond donors (Lipinski definition) is 4. The van der Waals surface area contributed by atoms with Gasteiger partial charge in [0.1, 0.15) is 0 Å². The fraction of sp³-hybridized carbons (Fsp3) is 0. The van der Waals surface area contributed by atoms with E-state index in [9.17, 15) is 20.4 Å². The van der Waals surface area contributed by atoms with Crippen molar-refractivity contribution >= 4 is 108 Å². The molecule has 0 aliphatic rings. The Bertz CT molecular complexity index is 2750. The molecule has 0 aliphatic heterocycles. The molecule has 4 bridgehead atoms. The second-order valence-corrected chi connectivity index (χ2v) is 12.7. The van der Waals surface area contributed by atoms with E-state index in [1.165, 1.54) is 0 Å². The van der Waals surface area contributed by atoms with Crippen molar-refractivity contribution < 1.29 is 20.4 Å². The van der Waals surface area contributed by atoms with E-state index in [2.05, 4.69) is 84.9 Å². The second-order valence-electron chi connectivity index (χ2n) is 12.7. The summed E-state index contributed by atoms with van der Waals surface area (Å²) in [6.45, 7) is 0. The lowest BCUT2D eigenvalue weighted by molar-refractivity contribution is 0.412. The van der Waals surface area contributed by atoms with E-state index in [0.717, 1.165) is 86.2 Å². The van der Waals surface area contributed by atoms with Crippen molar-refractivity contribution in [2.24, 2.45) is 0 Å². The summed E-state index contributed by atoms with van der Waals surface area (Å²) in [7, 11) is 0. The van der Waals surface area contributed by atoms with Crippen LogP contribution in [0.3, 0.4) is 0 Å². The highest BCUT2D eigenvalue weighted by atomic mass is 16.3. The first-order chi connectivity index (χ1) is 22.4. The van der Waals surface area contributed by atoms with Gasteiger partial charge in [0.05, 0.1) is 0 Å². The number of rotatable bonds is 0. The molecular formula is C42H22O4. The first kappa shape index (κ1) is 24.1. The lowest BCUT2D eigenvalue weighted by Crippen LogP contribution is -1.91. The van der Waals surface area contributed by atoms with Gasteiger partial charge in [-0.1, -0.05) is 48.5 Å². The van der Waals surface area contributed by atoms with E-state index >= 15 is 0 Å². The SMILES string of the molecule is Oc1c(O)c2c3cc4ccccc4cc3c1c1cc3cc4cc5c(cc4cc3cc12)c1c(O)c(O)c5c2cc3ccccc3cc21. The Kier molecular flexibility index (Phi) is 4.12. The largest absolute Gasteiger partial charge is 0.504 e. The fourth-order valence-corrected chi connectivity index (χ4v) is 8.31. The third-order valence-corrected chi connectivity index (χ3v) is 10.4. The summed E-state index contributed by atoms with van der Waals surface area (Å²) >= 11 is 0. The Balaban J connectivity index is 1.27. The lowest BCUT2D eigenvalue weighted by atomic mass is 9.86. The van der Waals surface area contributed by atoms with Gasteiger partial charge < -0.3 is 20.4 Å². The normalized spacial score (nSPS) is 12.7. The fourth-order valence-electron chi connectivity index (χ4n) is 8.31. The minimum Gasteiger partial charge on any atom is -0.504 e. The van der Waals surface area contributed by atoms with Gasteiger partial charge in [0.2, 0.25) is 0 Å². The van der Waals surface area contributed by atoms with Crippen LogP contribution >= 0.6 is 0 Å². The molecule has 0 spiro atoms. The van der Waals surface area contributed by atoms with Gasteiger partial charge in [0.15, 0.2) is 23.0 Å². The van der Waals surface area contributed by atoms with Crippen LogP contribution in [-0.4, -0.2) is 20.4 Å². The van der Waals surface area contributed by atoms with E-state index in [1.54, 1.807) is 0 Å².